The van der Waals surface area contributed by atoms with Crippen molar-refractivity contribution in [3.05, 3.63) is 48.5 Å². The molecule has 0 bridgehead atoms. The van der Waals surface area contributed by atoms with E-state index in [1.165, 1.54) is 6.33 Å². The van der Waals surface area contributed by atoms with E-state index in [1.807, 2.05) is 25.1 Å². The highest BCUT2D eigenvalue weighted by molar-refractivity contribution is 5.64. The second-order valence-electron chi connectivity index (χ2n) is 5.14. The molecule has 2 aromatic heterocycles. The van der Waals surface area contributed by atoms with Crippen molar-refractivity contribution in [1.82, 2.24) is 19.9 Å². The van der Waals surface area contributed by atoms with E-state index in [9.17, 15) is 0 Å². The molecule has 0 radical (unpaired) electrons. The highest BCUT2D eigenvalue weighted by Gasteiger charge is 2.14. The van der Waals surface area contributed by atoms with Crippen LogP contribution in [0.5, 0.6) is 11.5 Å². The van der Waals surface area contributed by atoms with Gasteiger partial charge >= 0.3 is 0 Å². The first-order valence-corrected chi connectivity index (χ1v) is 7.31. The van der Waals surface area contributed by atoms with Crippen LogP contribution in [0.4, 0.5) is 23.3 Å². The van der Waals surface area contributed by atoms with Gasteiger partial charge in [-0.05, 0) is 25.1 Å². The topological polar surface area (TPSA) is 94.1 Å². The van der Waals surface area contributed by atoms with Gasteiger partial charge in [0.25, 0.3) is 0 Å². The number of benzene rings is 1. The molecule has 0 saturated heterocycles. The minimum atomic E-state index is 0.248. The van der Waals surface area contributed by atoms with Crippen LogP contribution in [0.15, 0.2) is 43.0 Å². The van der Waals surface area contributed by atoms with E-state index >= 15 is 0 Å². The van der Waals surface area contributed by atoms with Crippen molar-refractivity contribution in [2.45, 2.75) is 6.92 Å². The highest BCUT2D eigenvalue weighted by atomic mass is 16.7. The molecule has 0 unspecified atom stereocenters. The van der Waals surface area contributed by atoms with E-state index in [2.05, 4.69) is 30.6 Å². The zero-order valence-electron chi connectivity index (χ0n) is 12.9. The normalized spacial score (nSPS) is 12.0. The maximum Gasteiger partial charge on any atom is 0.231 e. The lowest BCUT2D eigenvalue weighted by molar-refractivity contribution is 0.174. The van der Waals surface area contributed by atoms with Gasteiger partial charge in [-0.15, -0.1) is 0 Å². The molecule has 8 heteroatoms. The molecule has 1 aromatic carbocycles. The number of ether oxygens (including phenoxy) is 2. The zero-order chi connectivity index (χ0) is 16.4. The number of hydrogen-bond donors (Lipinski definition) is 2. The summed E-state index contributed by atoms with van der Waals surface area (Å²) in [6.45, 7) is 2.18. The molecule has 4 rings (SSSR count). The van der Waals surface area contributed by atoms with Crippen molar-refractivity contribution < 1.29 is 9.47 Å². The lowest BCUT2D eigenvalue weighted by atomic mass is 10.2. The summed E-state index contributed by atoms with van der Waals surface area (Å²) in [5, 5.41) is 6.31. The average Bonchev–Trinajstić information content (AvgIpc) is 3.06. The molecule has 1 aliphatic rings. The van der Waals surface area contributed by atoms with Crippen LogP contribution in [0.1, 0.15) is 5.56 Å². The SMILES string of the molecule is Cc1cnc(Nc2ccncn2)nc1Nc1ccc2c(c1)OCO2. The molecule has 8 nitrogen and oxygen atoms in total. The Morgan fingerprint density at radius 3 is 2.83 bits per heavy atom. The molecule has 0 saturated carbocycles. The van der Waals surface area contributed by atoms with Gasteiger partial charge in [0.1, 0.15) is 18.0 Å². The first kappa shape index (κ1) is 14.2. The lowest BCUT2D eigenvalue weighted by Crippen LogP contribution is -2.03. The molecule has 24 heavy (non-hydrogen) atoms. The van der Waals surface area contributed by atoms with E-state index in [4.69, 9.17) is 9.47 Å². The largest absolute Gasteiger partial charge is 0.454 e. The predicted molar refractivity (Wildman–Crippen MR) is 87.9 cm³/mol. The molecule has 0 spiro atoms. The van der Waals surface area contributed by atoms with Gasteiger partial charge in [0.15, 0.2) is 11.5 Å². The number of fused-ring (bicyclic) bond motifs is 1. The monoisotopic (exact) mass is 322 g/mol. The van der Waals surface area contributed by atoms with Crippen molar-refractivity contribution in [3.63, 3.8) is 0 Å². The van der Waals surface area contributed by atoms with Crippen molar-refractivity contribution >= 4 is 23.3 Å². The zero-order valence-corrected chi connectivity index (χ0v) is 12.9. The summed E-state index contributed by atoms with van der Waals surface area (Å²) in [5.74, 6) is 3.22. The standard InChI is InChI=1S/C16H14N6O2/c1-10-7-18-16(21-14-4-5-17-8-19-14)22-15(10)20-11-2-3-12-13(6-11)24-9-23-12/h2-8H,9H2,1H3,(H2,17,18,19,20,21,22). The van der Waals surface area contributed by atoms with E-state index in [-0.39, 0.29) is 6.79 Å². The van der Waals surface area contributed by atoms with Crippen LogP contribution in [-0.2, 0) is 0 Å². The molecule has 120 valence electrons. The maximum absolute atomic E-state index is 5.39. The van der Waals surface area contributed by atoms with E-state index in [0.29, 0.717) is 23.3 Å². The van der Waals surface area contributed by atoms with Crippen LogP contribution in [-0.4, -0.2) is 26.7 Å². The first-order chi connectivity index (χ1) is 11.8. The number of hydrogen-bond acceptors (Lipinski definition) is 8. The number of nitrogens with zero attached hydrogens (tertiary/aromatic N) is 4. The summed E-state index contributed by atoms with van der Waals surface area (Å²) in [5.41, 5.74) is 1.77. The van der Waals surface area contributed by atoms with Crippen LogP contribution < -0.4 is 20.1 Å². The third kappa shape index (κ3) is 2.89. The summed E-state index contributed by atoms with van der Waals surface area (Å²) in [7, 11) is 0. The number of rotatable bonds is 4. The van der Waals surface area contributed by atoms with Crippen molar-refractivity contribution in [1.29, 1.82) is 0 Å². The number of nitrogens with one attached hydrogen (secondary N) is 2. The van der Waals surface area contributed by atoms with E-state index < -0.39 is 0 Å². The summed E-state index contributed by atoms with van der Waals surface area (Å²) in [6.07, 6.45) is 4.85. The predicted octanol–water partition coefficient (Wildman–Crippen LogP) is 2.79. The van der Waals surface area contributed by atoms with E-state index in [1.54, 1.807) is 18.5 Å². The molecule has 0 amide bonds. The second kappa shape index (κ2) is 5.99. The minimum Gasteiger partial charge on any atom is -0.454 e. The Labute approximate surface area is 137 Å². The minimum absolute atomic E-state index is 0.248. The van der Waals surface area contributed by atoms with Gasteiger partial charge < -0.3 is 20.1 Å². The van der Waals surface area contributed by atoms with Crippen LogP contribution in [0.2, 0.25) is 0 Å². The number of anilines is 4. The van der Waals surface area contributed by atoms with Crippen molar-refractivity contribution in [2.24, 2.45) is 0 Å². The Morgan fingerprint density at radius 2 is 1.96 bits per heavy atom. The van der Waals surface area contributed by atoms with Gasteiger partial charge in [-0.25, -0.2) is 15.0 Å². The highest BCUT2D eigenvalue weighted by Crippen LogP contribution is 2.35. The van der Waals surface area contributed by atoms with Gasteiger partial charge in [0.2, 0.25) is 12.7 Å². The molecule has 3 aromatic rings. The molecule has 0 aliphatic carbocycles. The summed E-state index contributed by atoms with van der Waals surface area (Å²) in [4.78, 5) is 16.7. The molecular weight excluding hydrogens is 308 g/mol. The quantitative estimate of drug-likeness (QED) is 0.757. The molecule has 1 aliphatic heterocycles. The Balaban J connectivity index is 1.57. The molecule has 0 fully saturated rings. The fourth-order valence-corrected chi connectivity index (χ4v) is 2.22. The fourth-order valence-electron chi connectivity index (χ4n) is 2.22. The van der Waals surface area contributed by atoms with Crippen LogP contribution in [0.3, 0.4) is 0 Å². The van der Waals surface area contributed by atoms with Gasteiger partial charge in [-0.3, -0.25) is 0 Å². The van der Waals surface area contributed by atoms with Gasteiger partial charge in [0, 0.05) is 29.7 Å². The fraction of sp³-hybridized carbons (Fsp3) is 0.125. The van der Waals surface area contributed by atoms with Gasteiger partial charge in [-0.2, -0.15) is 4.98 Å². The third-order valence-electron chi connectivity index (χ3n) is 3.43. The smallest absolute Gasteiger partial charge is 0.231 e. The number of aromatic nitrogens is 4. The van der Waals surface area contributed by atoms with Gasteiger partial charge in [-0.1, -0.05) is 0 Å². The van der Waals surface area contributed by atoms with Crippen LogP contribution >= 0.6 is 0 Å². The Kier molecular flexibility index (Phi) is 3.54. The third-order valence-corrected chi connectivity index (χ3v) is 3.43. The Hall–Kier alpha value is -3.42. The second-order valence-corrected chi connectivity index (χ2v) is 5.14. The maximum atomic E-state index is 5.39. The van der Waals surface area contributed by atoms with Crippen LogP contribution in [0, 0.1) is 6.92 Å². The molecule has 3 heterocycles. The summed E-state index contributed by atoms with van der Waals surface area (Å²) >= 11 is 0. The average molecular weight is 322 g/mol. The van der Waals surface area contributed by atoms with Crippen molar-refractivity contribution in [2.75, 3.05) is 17.4 Å². The Bertz CT molecular complexity index is 872. The summed E-state index contributed by atoms with van der Waals surface area (Å²) < 4.78 is 10.7. The summed E-state index contributed by atoms with van der Waals surface area (Å²) in [6, 6.07) is 7.39. The molecule has 0 atom stereocenters. The van der Waals surface area contributed by atoms with Crippen LogP contribution in [0.25, 0.3) is 0 Å². The van der Waals surface area contributed by atoms with Gasteiger partial charge in [0.05, 0.1) is 0 Å². The molecular formula is C16H14N6O2. The van der Waals surface area contributed by atoms with Crippen molar-refractivity contribution in [3.8, 4) is 11.5 Å². The Morgan fingerprint density at radius 1 is 1.04 bits per heavy atom. The number of aryl methyl sites for hydroxylation is 1. The lowest BCUT2D eigenvalue weighted by Gasteiger charge is -2.11. The first-order valence-electron chi connectivity index (χ1n) is 7.31. The van der Waals surface area contributed by atoms with E-state index in [0.717, 1.165) is 17.0 Å². The molecule has 2 N–H and O–H groups in total.